The van der Waals surface area contributed by atoms with Gasteiger partial charge in [-0.15, -0.1) is 0 Å². The number of hydrogen-bond acceptors (Lipinski definition) is 4. The van der Waals surface area contributed by atoms with Crippen molar-refractivity contribution in [3.8, 4) is 17.2 Å². The minimum atomic E-state index is -0.302. The molecule has 1 aliphatic rings. The fraction of sp³-hybridized carbons (Fsp3) is 0.240. The highest BCUT2D eigenvalue weighted by Crippen LogP contribution is 2.38. The summed E-state index contributed by atoms with van der Waals surface area (Å²) in [6, 6.07) is 17.7. The zero-order chi connectivity index (χ0) is 23.4. The lowest BCUT2D eigenvalue weighted by atomic mass is 9.92. The topological polar surface area (TPSA) is 43.0 Å². The van der Waals surface area contributed by atoms with E-state index in [4.69, 9.17) is 26.4 Å². The lowest BCUT2D eigenvalue weighted by molar-refractivity contribution is 0.190. The molecule has 0 bridgehead atoms. The summed E-state index contributed by atoms with van der Waals surface area (Å²) in [5.74, 6) is 1.63. The van der Waals surface area contributed by atoms with Gasteiger partial charge in [0.25, 0.3) is 0 Å². The maximum Gasteiger partial charge on any atom is 0.174 e. The van der Waals surface area contributed by atoms with E-state index in [2.05, 4.69) is 26.1 Å². The van der Waals surface area contributed by atoms with E-state index < -0.39 is 0 Å². The van der Waals surface area contributed by atoms with Crippen LogP contribution in [0, 0.1) is 5.82 Å². The molecule has 1 heterocycles. The van der Waals surface area contributed by atoms with E-state index in [0.717, 1.165) is 27.7 Å². The van der Waals surface area contributed by atoms with Gasteiger partial charge in [-0.2, -0.15) is 0 Å². The maximum atomic E-state index is 13.3. The van der Waals surface area contributed by atoms with Crippen molar-refractivity contribution in [2.24, 2.45) is 0 Å². The predicted molar refractivity (Wildman–Crippen MR) is 135 cm³/mol. The standard InChI is InChI=1S/C25H24BrFN2O3S/c1-30-23-13-16-11-12-29(25(33)28-19-7-3-17(26)4-8-19)22(21(16)14-24(23)31-2)15-32-20-9-5-18(27)6-10-20/h3-10,13-14,22H,11-12,15H2,1-2H3,(H,28,33). The van der Waals surface area contributed by atoms with E-state index in [1.165, 1.54) is 12.1 Å². The van der Waals surface area contributed by atoms with Gasteiger partial charge in [0, 0.05) is 16.7 Å². The summed E-state index contributed by atoms with van der Waals surface area (Å²) in [6.07, 6.45) is 0.797. The average molecular weight is 531 g/mol. The molecule has 4 rings (SSSR count). The van der Waals surface area contributed by atoms with Gasteiger partial charge in [-0.25, -0.2) is 4.39 Å². The zero-order valence-electron chi connectivity index (χ0n) is 18.3. The number of hydrogen-bond donors (Lipinski definition) is 1. The van der Waals surface area contributed by atoms with Crippen LogP contribution in [0.1, 0.15) is 17.2 Å². The Morgan fingerprint density at radius 3 is 2.39 bits per heavy atom. The van der Waals surface area contributed by atoms with Gasteiger partial charge in [-0.1, -0.05) is 15.9 Å². The number of nitrogens with zero attached hydrogens (tertiary/aromatic N) is 1. The van der Waals surface area contributed by atoms with E-state index >= 15 is 0 Å². The van der Waals surface area contributed by atoms with Crippen LogP contribution in [0.2, 0.25) is 0 Å². The van der Waals surface area contributed by atoms with Crippen LogP contribution in [-0.4, -0.2) is 37.4 Å². The van der Waals surface area contributed by atoms with Crippen LogP contribution in [0.5, 0.6) is 17.2 Å². The van der Waals surface area contributed by atoms with Crippen molar-refractivity contribution in [3.05, 3.63) is 82.1 Å². The number of nitrogens with one attached hydrogen (secondary N) is 1. The van der Waals surface area contributed by atoms with Gasteiger partial charge in [0.2, 0.25) is 0 Å². The van der Waals surface area contributed by atoms with Crippen molar-refractivity contribution in [2.75, 3.05) is 32.7 Å². The Labute approximate surface area is 206 Å². The largest absolute Gasteiger partial charge is 0.493 e. The second-order valence-corrected chi connectivity index (χ2v) is 8.87. The van der Waals surface area contributed by atoms with Crippen LogP contribution in [0.15, 0.2) is 65.1 Å². The molecule has 1 unspecified atom stereocenters. The molecule has 172 valence electrons. The van der Waals surface area contributed by atoms with Gasteiger partial charge in [-0.05, 0) is 90.4 Å². The highest BCUT2D eigenvalue weighted by Gasteiger charge is 2.31. The van der Waals surface area contributed by atoms with Crippen LogP contribution in [0.3, 0.4) is 0 Å². The summed E-state index contributed by atoms with van der Waals surface area (Å²) in [5, 5.41) is 3.93. The van der Waals surface area contributed by atoms with Crippen molar-refractivity contribution in [2.45, 2.75) is 12.5 Å². The van der Waals surface area contributed by atoms with E-state index in [-0.39, 0.29) is 11.9 Å². The van der Waals surface area contributed by atoms with Crippen molar-refractivity contribution in [3.63, 3.8) is 0 Å². The number of anilines is 1. The van der Waals surface area contributed by atoms with Gasteiger partial charge in [0.1, 0.15) is 18.2 Å². The molecular formula is C25H24BrFN2O3S. The molecule has 8 heteroatoms. The molecule has 0 spiro atoms. The third-order valence-corrected chi connectivity index (χ3v) is 6.45. The van der Waals surface area contributed by atoms with Crippen LogP contribution in [-0.2, 0) is 6.42 Å². The predicted octanol–water partition coefficient (Wildman–Crippen LogP) is 5.98. The Hall–Kier alpha value is -2.84. The second-order valence-electron chi connectivity index (χ2n) is 7.57. The molecular weight excluding hydrogens is 507 g/mol. The Morgan fingerprint density at radius 2 is 1.73 bits per heavy atom. The lowest BCUT2D eigenvalue weighted by Crippen LogP contribution is -2.44. The molecule has 0 amide bonds. The molecule has 1 aliphatic heterocycles. The minimum absolute atomic E-state index is 0.172. The lowest BCUT2D eigenvalue weighted by Gasteiger charge is -2.39. The molecule has 3 aromatic carbocycles. The van der Waals surface area contributed by atoms with Crippen molar-refractivity contribution in [1.29, 1.82) is 0 Å². The monoisotopic (exact) mass is 530 g/mol. The van der Waals surface area contributed by atoms with Crippen LogP contribution in [0.4, 0.5) is 10.1 Å². The van der Waals surface area contributed by atoms with E-state index in [1.807, 2.05) is 36.4 Å². The molecule has 0 saturated heterocycles. The first-order valence-corrected chi connectivity index (χ1v) is 11.6. The second kappa shape index (κ2) is 10.4. The molecule has 0 radical (unpaired) electrons. The highest BCUT2D eigenvalue weighted by atomic mass is 79.9. The smallest absolute Gasteiger partial charge is 0.174 e. The number of benzene rings is 3. The van der Waals surface area contributed by atoms with Crippen molar-refractivity contribution in [1.82, 2.24) is 4.90 Å². The van der Waals surface area contributed by atoms with Gasteiger partial charge < -0.3 is 24.4 Å². The van der Waals surface area contributed by atoms with E-state index in [9.17, 15) is 4.39 Å². The van der Waals surface area contributed by atoms with Crippen molar-refractivity contribution < 1.29 is 18.6 Å². The summed E-state index contributed by atoms with van der Waals surface area (Å²) >= 11 is 9.25. The minimum Gasteiger partial charge on any atom is -0.493 e. The molecule has 5 nitrogen and oxygen atoms in total. The third kappa shape index (κ3) is 5.39. The number of thiocarbonyl (C=S) groups is 1. The number of halogens is 2. The molecule has 3 aromatic rings. The molecule has 0 saturated carbocycles. The normalized spacial score (nSPS) is 14.9. The molecule has 1 atom stereocenters. The third-order valence-electron chi connectivity index (χ3n) is 5.58. The number of fused-ring (bicyclic) bond motifs is 1. The first-order chi connectivity index (χ1) is 16.0. The summed E-state index contributed by atoms with van der Waals surface area (Å²) in [6.45, 7) is 1.04. The van der Waals surface area contributed by atoms with E-state index in [1.54, 1.807) is 26.4 Å². The van der Waals surface area contributed by atoms with E-state index in [0.29, 0.717) is 35.5 Å². The maximum absolute atomic E-state index is 13.3. The summed E-state index contributed by atoms with van der Waals surface area (Å²) in [5.41, 5.74) is 3.11. The average Bonchev–Trinajstić information content (AvgIpc) is 2.83. The first-order valence-electron chi connectivity index (χ1n) is 10.4. The molecule has 0 aliphatic carbocycles. The molecule has 0 fully saturated rings. The molecule has 33 heavy (non-hydrogen) atoms. The van der Waals surface area contributed by atoms with Gasteiger partial charge >= 0.3 is 0 Å². The quantitative estimate of drug-likeness (QED) is 0.395. The zero-order valence-corrected chi connectivity index (χ0v) is 20.7. The number of methoxy groups -OCH3 is 2. The Kier molecular flexibility index (Phi) is 7.35. The van der Waals surface area contributed by atoms with Gasteiger partial charge in [0.15, 0.2) is 16.6 Å². The van der Waals surface area contributed by atoms with Gasteiger partial charge in [0.05, 0.1) is 20.3 Å². The first kappa shape index (κ1) is 23.3. The van der Waals surface area contributed by atoms with Crippen LogP contribution >= 0.6 is 28.1 Å². The fourth-order valence-corrected chi connectivity index (χ4v) is 4.49. The fourth-order valence-electron chi connectivity index (χ4n) is 3.89. The highest BCUT2D eigenvalue weighted by molar-refractivity contribution is 9.10. The summed E-state index contributed by atoms with van der Waals surface area (Å²) in [7, 11) is 3.25. The van der Waals surface area contributed by atoms with Crippen LogP contribution in [0.25, 0.3) is 0 Å². The SMILES string of the molecule is COc1cc2c(cc1OC)C(COc1ccc(F)cc1)N(C(=S)Nc1ccc(Br)cc1)CC2. The number of ether oxygens (including phenoxy) is 3. The van der Waals surface area contributed by atoms with Crippen LogP contribution < -0.4 is 19.5 Å². The number of rotatable bonds is 6. The Bertz CT molecular complexity index is 1130. The molecule has 0 aromatic heterocycles. The Balaban J connectivity index is 1.63. The van der Waals surface area contributed by atoms with Gasteiger partial charge in [-0.3, -0.25) is 0 Å². The molecule has 1 N–H and O–H groups in total. The Morgan fingerprint density at radius 1 is 1.06 bits per heavy atom. The summed E-state index contributed by atoms with van der Waals surface area (Å²) < 4.78 is 31.4. The summed E-state index contributed by atoms with van der Waals surface area (Å²) in [4.78, 5) is 2.12. The van der Waals surface area contributed by atoms with Crippen molar-refractivity contribution >= 4 is 38.9 Å².